The Labute approximate surface area is 159 Å². The summed E-state index contributed by atoms with van der Waals surface area (Å²) in [7, 11) is 1.89. The number of aryl methyl sites for hydroxylation is 1. The lowest BCUT2D eigenvalue weighted by atomic mass is 10.0. The van der Waals surface area contributed by atoms with Crippen LogP contribution in [0.15, 0.2) is 54.7 Å². The van der Waals surface area contributed by atoms with Gasteiger partial charge in [0.25, 0.3) is 5.91 Å². The number of aromatic nitrogens is 2. The SMILES string of the molecule is CC[C@@H](NC(=O)c1cccc(-c2ccc3c(c2)OCC3)c1)c1ccnn1C. The molecule has 0 aliphatic carbocycles. The molecule has 0 spiro atoms. The summed E-state index contributed by atoms with van der Waals surface area (Å²) in [5.74, 6) is 0.868. The number of fused-ring (bicyclic) bond motifs is 1. The zero-order valence-electron chi connectivity index (χ0n) is 15.6. The molecule has 138 valence electrons. The molecule has 0 unspecified atom stereocenters. The third kappa shape index (κ3) is 3.45. The molecule has 4 rings (SSSR count). The highest BCUT2D eigenvalue weighted by atomic mass is 16.5. The lowest BCUT2D eigenvalue weighted by Crippen LogP contribution is -2.29. The molecule has 2 heterocycles. The average Bonchev–Trinajstić information content (AvgIpc) is 3.34. The van der Waals surface area contributed by atoms with Crippen LogP contribution in [0.3, 0.4) is 0 Å². The molecule has 1 N–H and O–H groups in total. The molecule has 1 aromatic heterocycles. The molecule has 3 aromatic rings. The van der Waals surface area contributed by atoms with Crippen molar-refractivity contribution in [3.8, 4) is 16.9 Å². The summed E-state index contributed by atoms with van der Waals surface area (Å²) >= 11 is 0. The van der Waals surface area contributed by atoms with E-state index in [0.717, 1.165) is 42.0 Å². The summed E-state index contributed by atoms with van der Waals surface area (Å²) in [6.45, 7) is 2.80. The molecule has 0 saturated heterocycles. The molecule has 1 amide bonds. The summed E-state index contributed by atoms with van der Waals surface area (Å²) in [6, 6.07) is 15.9. The van der Waals surface area contributed by atoms with E-state index in [1.165, 1.54) is 5.56 Å². The molecule has 0 saturated carbocycles. The van der Waals surface area contributed by atoms with E-state index in [1.54, 1.807) is 10.9 Å². The van der Waals surface area contributed by atoms with Gasteiger partial charge < -0.3 is 10.1 Å². The fraction of sp³-hybridized carbons (Fsp3) is 0.273. The third-order valence-corrected chi connectivity index (χ3v) is 5.08. The third-order valence-electron chi connectivity index (χ3n) is 5.08. The molecule has 27 heavy (non-hydrogen) atoms. The maximum Gasteiger partial charge on any atom is 0.251 e. The van der Waals surface area contributed by atoms with E-state index in [2.05, 4.69) is 35.5 Å². The van der Waals surface area contributed by atoms with Gasteiger partial charge in [-0.15, -0.1) is 0 Å². The summed E-state index contributed by atoms with van der Waals surface area (Å²) in [4.78, 5) is 12.8. The highest BCUT2D eigenvalue weighted by Crippen LogP contribution is 2.31. The van der Waals surface area contributed by atoms with Crippen LogP contribution in [0.4, 0.5) is 0 Å². The molecule has 2 aromatic carbocycles. The lowest BCUT2D eigenvalue weighted by molar-refractivity contribution is 0.0934. The Bertz CT molecular complexity index is 977. The first-order chi connectivity index (χ1) is 13.2. The normalized spacial score (nSPS) is 13.7. The van der Waals surface area contributed by atoms with Gasteiger partial charge in [-0.1, -0.05) is 31.2 Å². The Kier molecular flexibility index (Phi) is 4.67. The molecule has 1 atom stereocenters. The zero-order valence-corrected chi connectivity index (χ0v) is 15.6. The molecular formula is C22H23N3O2. The number of hydrogen-bond donors (Lipinski definition) is 1. The van der Waals surface area contributed by atoms with E-state index in [1.807, 2.05) is 37.4 Å². The second kappa shape index (κ2) is 7.27. The van der Waals surface area contributed by atoms with Crippen molar-refractivity contribution >= 4 is 5.91 Å². The topological polar surface area (TPSA) is 56.1 Å². The number of rotatable bonds is 5. The number of hydrogen-bond acceptors (Lipinski definition) is 3. The van der Waals surface area contributed by atoms with Crippen molar-refractivity contribution in [2.75, 3.05) is 6.61 Å². The molecule has 5 nitrogen and oxygen atoms in total. The van der Waals surface area contributed by atoms with Gasteiger partial charge in [-0.25, -0.2) is 0 Å². The first-order valence-electron chi connectivity index (χ1n) is 9.30. The number of nitrogens with one attached hydrogen (secondary N) is 1. The van der Waals surface area contributed by atoms with E-state index in [0.29, 0.717) is 5.56 Å². The van der Waals surface area contributed by atoms with Crippen LogP contribution in [0.1, 0.15) is 41.0 Å². The first-order valence-corrected chi connectivity index (χ1v) is 9.30. The summed E-state index contributed by atoms with van der Waals surface area (Å²) in [5.41, 5.74) is 4.96. The highest BCUT2D eigenvalue weighted by Gasteiger charge is 2.18. The van der Waals surface area contributed by atoms with Crippen LogP contribution in [0.25, 0.3) is 11.1 Å². The Hall–Kier alpha value is -3.08. The predicted molar refractivity (Wildman–Crippen MR) is 105 cm³/mol. The second-order valence-corrected chi connectivity index (χ2v) is 6.82. The monoisotopic (exact) mass is 361 g/mol. The quantitative estimate of drug-likeness (QED) is 0.750. The van der Waals surface area contributed by atoms with Crippen molar-refractivity contribution in [1.29, 1.82) is 0 Å². The zero-order chi connectivity index (χ0) is 18.8. The molecule has 0 bridgehead atoms. The Morgan fingerprint density at radius 2 is 2.07 bits per heavy atom. The number of benzene rings is 2. The minimum Gasteiger partial charge on any atom is -0.493 e. The van der Waals surface area contributed by atoms with E-state index >= 15 is 0 Å². The van der Waals surface area contributed by atoms with Crippen LogP contribution in [0, 0.1) is 0 Å². The minimum absolute atomic E-state index is 0.0675. The summed E-state index contributed by atoms with van der Waals surface area (Å²) < 4.78 is 7.47. The number of ether oxygens (including phenoxy) is 1. The van der Waals surface area contributed by atoms with Crippen LogP contribution in [0.2, 0.25) is 0 Å². The van der Waals surface area contributed by atoms with Gasteiger partial charge in [0.1, 0.15) is 5.75 Å². The maximum absolute atomic E-state index is 12.8. The van der Waals surface area contributed by atoms with Gasteiger partial charge in [0, 0.05) is 25.2 Å². The van der Waals surface area contributed by atoms with Crippen LogP contribution in [0.5, 0.6) is 5.75 Å². The number of carbonyl (C=O) groups excluding carboxylic acids is 1. The van der Waals surface area contributed by atoms with Crippen molar-refractivity contribution < 1.29 is 9.53 Å². The van der Waals surface area contributed by atoms with Crippen molar-refractivity contribution in [2.24, 2.45) is 7.05 Å². The first kappa shape index (κ1) is 17.3. The fourth-order valence-electron chi connectivity index (χ4n) is 3.54. The van der Waals surface area contributed by atoms with Gasteiger partial charge in [0.15, 0.2) is 0 Å². The molecule has 0 radical (unpaired) electrons. The van der Waals surface area contributed by atoms with Crippen molar-refractivity contribution in [3.63, 3.8) is 0 Å². The molecular weight excluding hydrogens is 338 g/mol. The molecule has 1 aliphatic heterocycles. The van der Waals surface area contributed by atoms with Gasteiger partial charge in [0.2, 0.25) is 0 Å². The predicted octanol–water partition coefficient (Wildman–Crippen LogP) is 3.90. The van der Waals surface area contributed by atoms with Gasteiger partial charge in [-0.05, 0) is 47.4 Å². The fourth-order valence-corrected chi connectivity index (χ4v) is 3.54. The standard InChI is InChI=1S/C22H23N3O2/c1-3-19(20-9-11-23-25(20)2)24-22(26)18-6-4-5-16(13-18)17-8-7-15-10-12-27-21(15)14-17/h4-9,11,13-14,19H,3,10,12H2,1-2H3,(H,24,26)/t19-/m1/s1. The Morgan fingerprint density at radius 1 is 1.22 bits per heavy atom. The Balaban J connectivity index is 1.57. The van der Waals surface area contributed by atoms with Crippen LogP contribution >= 0.6 is 0 Å². The second-order valence-electron chi connectivity index (χ2n) is 6.82. The van der Waals surface area contributed by atoms with Crippen LogP contribution in [-0.4, -0.2) is 22.3 Å². The smallest absolute Gasteiger partial charge is 0.251 e. The lowest BCUT2D eigenvalue weighted by Gasteiger charge is -2.17. The number of nitrogens with zero attached hydrogens (tertiary/aromatic N) is 2. The number of amides is 1. The summed E-state index contributed by atoms with van der Waals surface area (Å²) in [5, 5.41) is 7.32. The van der Waals surface area contributed by atoms with Crippen LogP contribution < -0.4 is 10.1 Å². The Morgan fingerprint density at radius 3 is 2.85 bits per heavy atom. The molecule has 1 aliphatic rings. The van der Waals surface area contributed by atoms with Gasteiger partial charge >= 0.3 is 0 Å². The van der Waals surface area contributed by atoms with Crippen molar-refractivity contribution in [3.05, 3.63) is 71.5 Å². The summed E-state index contributed by atoms with van der Waals surface area (Å²) in [6.07, 6.45) is 3.51. The van der Waals surface area contributed by atoms with E-state index < -0.39 is 0 Å². The van der Waals surface area contributed by atoms with Crippen LogP contribution in [-0.2, 0) is 13.5 Å². The van der Waals surface area contributed by atoms with Gasteiger partial charge in [-0.2, -0.15) is 5.10 Å². The molecule has 0 fully saturated rings. The number of carbonyl (C=O) groups is 1. The highest BCUT2D eigenvalue weighted by molar-refractivity contribution is 5.95. The average molecular weight is 361 g/mol. The van der Waals surface area contributed by atoms with E-state index in [9.17, 15) is 4.79 Å². The van der Waals surface area contributed by atoms with Gasteiger partial charge in [0.05, 0.1) is 18.3 Å². The minimum atomic E-state index is -0.0812. The van der Waals surface area contributed by atoms with Crippen molar-refractivity contribution in [1.82, 2.24) is 15.1 Å². The van der Waals surface area contributed by atoms with Crippen molar-refractivity contribution in [2.45, 2.75) is 25.8 Å². The largest absolute Gasteiger partial charge is 0.493 e. The maximum atomic E-state index is 12.8. The van der Waals surface area contributed by atoms with Gasteiger partial charge in [-0.3, -0.25) is 9.48 Å². The molecule has 5 heteroatoms. The van der Waals surface area contributed by atoms with E-state index in [-0.39, 0.29) is 11.9 Å². The van der Waals surface area contributed by atoms with E-state index in [4.69, 9.17) is 4.74 Å².